The quantitative estimate of drug-likeness (QED) is 0.478. The number of nitrogens with zero attached hydrogens (tertiary/aromatic N) is 5. The fourth-order valence-corrected chi connectivity index (χ4v) is 4.48. The van der Waals surface area contributed by atoms with E-state index in [2.05, 4.69) is 25.1 Å². The summed E-state index contributed by atoms with van der Waals surface area (Å²) in [7, 11) is 0. The third-order valence-electron chi connectivity index (χ3n) is 6.55. The van der Waals surface area contributed by atoms with E-state index in [4.69, 9.17) is 0 Å². The Labute approximate surface area is 201 Å². The summed E-state index contributed by atoms with van der Waals surface area (Å²) < 4.78 is 0. The van der Waals surface area contributed by atoms with Crippen LogP contribution in [-0.2, 0) is 9.59 Å². The van der Waals surface area contributed by atoms with Crippen LogP contribution in [0.5, 0.6) is 0 Å². The van der Waals surface area contributed by atoms with Crippen LogP contribution in [0.4, 0.5) is 5.95 Å². The molecular formula is C26H34N6O2. The standard InChI is InChI=1S/C26H34N6O2/c33-24(9-8-22-6-2-1-3-7-22)31-16-10-23(11-17-31)25(34)27-14-5-15-30-18-20-32(21-19-30)26-28-12-4-13-29-26/h1-4,6-9,12-13,23H,5,10-11,14-21H2,(H,27,34)/b9-8+. The van der Waals surface area contributed by atoms with Gasteiger partial charge in [-0.15, -0.1) is 0 Å². The first-order valence-electron chi connectivity index (χ1n) is 12.2. The monoisotopic (exact) mass is 462 g/mol. The van der Waals surface area contributed by atoms with Crippen molar-refractivity contribution in [1.29, 1.82) is 0 Å². The molecule has 2 aliphatic rings. The predicted octanol–water partition coefficient (Wildman–Crippen LogP) is 2.06. The third-order valence-corrected chi connectivity index (χ3v) is 6.55. The highest BCUT2D eigenvalue weighted by Gasteiger charge is 2.26. The summed E-state index contributed by atoms with van der Waals surface area (Å²) in [6.07, 6.45) is 9.42. The van der Waals surface area contributed by atoms with Crippen LogP contribution in [0.1, 0.15) is 24.8 Å². The van der Waals surface area contributed by atoms with E-state index >= 15 is 0 Å². The van der Waals surface area contributed by atoms with Crippen LogP contribution in [0.3, 0.4) is 0 Å². The van der Waals surface area contributed by atoms with Gasteiger partial charge in [-0.05, 0) is 43.5 Å². The normalized spacial score (nSPS) is 17.8. The van der Waals surface area contributed by atoms with Gasteiger partial charge in [0, 0.05) is 70.2 Å². The number of nitrogens with one attached hydrogen (secondary N) is 1. The van der Waals surface area contributed by atoms with E-state index in [0.29, 0.717) is 19.6 Å². The minimum absolute atomic E-state index is 0.00318. The molecule has 3 heterocycles. The first-order valence-corrected chi connectivity index (χ1v) is 12.2. The van der Waals surface area contributed by atoms with Crippen molar-refractivity contribution < 1.29 is 9.59 Å². The molecule has 0 saturated carbocycles. The van der Waals surface area contributed by atoms with Crippen molar-refractivity contribution in [2.75, 3.05) is 57.3 Å². The van der Waals surface area contributed by atoms with E-state index in [1.54, 1.807) is 18.5 Å². The number of carbonyl (C=O) groups is 2. The zero-order valence-corrected chi connectivity index (χ0v) is 19.7. The van der Waals surface area contributed by atoms with Gasteiger partial charge in [-0.25, -0.2) is 9.97 Å². The molecule has 0 atom stereocenters. The maximum atomic E-state index is 12.6. The molecule has 1 aromatic heterocycles. The van der Waals surface area contributed by atoms with Crippen molar-refractivity contribution in [3.05, 3.63) is 60.4 Å². The Hall–Kier alpha value is -3.26. The molecular weight excluding hydrogens is 428 g/mol. The van der Waals surface area contributed by atoms with Crippen LogP contribution < -0.4 is 10.2 Å². The topological polar surface area (TPSA) is 81.7 Å². The smallest absolute Gasteiger partial charge is 0.246 e. The van der Waals surface area contributed by atoms with Crippen molar-refractivity contribution in [3.8, 4) is 0 Å². The van der Waals surface area contributed by atoms with Crippen molar-refractivity contribution in [1.82, 2.24) is 25.1 Å². The van der Waals surface area contributed by atoms with Gasteiger partial charge in [0.25, 0.3) is 0 Å². The fourth-order valence-electron chi connectivity index (χ4n) is 4.48. The third kappa shape index (κ3) is 6.87. The number of rotatable bonds is 8. The van der Waals surface area contributed by atoms with Gasteiger partial charge in [0.1, 0.15) is 0 Å². The van der Waals surface area contributed by atoms with E-state index in [1.165, 1.54) is 0 Å². The van der Waals surface area contributed by atoms with Crippen molar-refractivity contribution in [3.63, 3.8) is 0 Å². The van der Waals surface area contributed by atoms with E-state index in [1.807, 2.05) is 47.4 Å². The van der Waals surface area contributed by atoms with Crippen molar-refractivity contribution in [2.24, 2.45) is 5.92 Å². The number of carbonyl (C=O) groups excluding carboxylic acids is 2. The second-order valence-corrected chi connectivity index (χ2v) is 8.87. The molecule has 1 aromatic carbocycles. The van der Waals surface area contributed by atoms with Crippen LogP contribution in [0.2, 0.25) is 0 Å². The Bertz CT molecular complexity index is 936. The van der Waals surface area contributed by atoms with Crippen LogP contribution in [0, 0.1) is 5.92 Å². The maximum Gasteiger partial charge on any atom is 0.246 e. The summed E-state index contributed by atoms with van der Waals surface area (Å²) >= 11 is 0. The Morgan fingerprint density at radius 1 is 0.941 bits per heavy atom. The van der Waals surface area contributed by atoms with Crippen molar-refractivity contribution in [2.45, 2.75) is 19.3 Å². The lowest BCUT2D eigenvalue weighted by Gasteiger charge is -2.34. The van der Waals surface area contributed by atoms with Gasteiger partial charge >= 0.3 is 0 Å². The Morgan fingerprint density at radius 3 is 2.35 bits per heavy atom. The number of hydrogen-bond acceptors (Lipinski definition) is 6. The lowest BCUT2D eigenvalue weighted by molar-refractivity contribution is -0.132. The Balaban J connectivity index is 1.09. The highest BCUT2D eigenvalue weighted by Crippen LogP contribution is 2.18. The molecule has 0 spiro atoms. The largest absolute Gasteiger partial charge is 0.356 e. The number of aromatic nitrogens is 2. The van der Waals surface area contributed by atoms with Gasteiger partial charge in [-0.1, -0.05) is 30.3 Å². The average molecular weight is 463 g/mol. The summed E-state index contributed by atoms with van der Waals surface area (Å²) in [5.41, 5.74) is 1.01. The summed E-state index contributed by atoms with van der Waals surface area (Å²) in [4.78, 5) is 40.1. The van der Waals surface area contributed by atoms with Gasteiger partial charge < -0.3 is 15.1 Å². The Kier molecular flexibility index (Phi) is 8.62. The lowest BCUT2D eigenvalue weighted by atomic mass is 9.95. The van der Waals surface area contributed by atoms with Crippen LogP contribution in [0.25, 0.3) is 6.08 Å². The lowest BCUT2D eigenvalue weighted by Crippen LogP contribution is -2.47. The average Bonchev–Trinajstić information content (AvgIpc) is 2.91. The number of amides is 2. The number of piperidine rings is 1. The summed E-state index contributed by atoms with van der Waals surface area (Å²) in [5, 5.41) is 3.10. The van der Waals surface area contributed by atoms with E-state index in [-0.39, 0.29) is 17.7 Å². The molecule has 8 heteroatoms. The molecule has 2 aliphatic heterocycles. The number of likely N-dealkylation sites (tertiary alicyclic amines) is 1. The second kappa shape index (κ2) is 12.3. The SMILES string of the molecule is O=C(NCCCN1CCN(c2ncccn2)CC1)C1CCN(C(=O)/C=C/c2ccccc2)CC1. The molecule has 0 aliphatic carbocycles. The first-order chi connectivity index (χ1) is 16.7. The fraction of sp³-hybridized carbons (Fsp3) is 0.462. The Morgan fingerprint density at radius 2 is 1.65 bits per heavy atom. The molecule has 0 radical (unpaired) electrons. The summed E-state index contributed by atoms with van der Waals surface area (Å²) in [5.74, 6) is 0.936. The molecule has 180 valence electrons. The van der Waals surface area contributed by atoms with E-state index in [9.17, 15) is 9.59 Å². The number of hydrogen-bond donors (Lipinski definition) is 1. The van der Waals surface area contributed by atoms with Crippen LogP contribution >= 0.6 is 0 Å². The summed E-state index contributed by atoms with van der Waals surface area (Å²) in [6.45, 7) is 6.75. The van der Waals surface area contributed by atoms with Crippen molar-refractivity contribution >= 4 is 23.8 Å². The minimum Gasteiger partial charge on any atom is -0.356 e. The van der Waals surface area contributed by atoms with Gasteiger partial charge in [0.15, 0.2) is 0 Å². The highest BCUT2D eigenvalue weighted by atomic mass is 16.2. The summed E-state index contributed by atoms with van der Waals surface area (Å²) in [6, 6.07) is 11.6. The van der Waals surface area contributed by atoms with Gasteiger partial charge in [0.2, 0.25) is 17.8 Å². The molecule has 0 bridgehead atoms. The van der Waals surface area contributed by atoms with Gasteiger partial charge in [-0.2, -0.15) is 0 Å². The first kappa shape index (κ1) is 23.9. The molecule has 0 unspecified atom stereocenters. The minimum atomic E-state index is -0.00318. The van der Waals surface area contributed by atoms with E-state index < -0.39 is 0 Å². The van der Waals surface area contributed by atoms with Gasteiger partial charge in [0.05, 0.1) is 0 Å². The molecule has 1 N–H and O–H groups in total. The number of piperazine rings is 1. The molecule has 2 fully saturated rings. The molecule has 4 rings (SSSR count). The molecule has 8 nitrogen and oxygen atoms in total. The van der Waals surface area contributed by atoms with E-state index in [0.717, 1.165) is 63.5 Å². The number of benzene rings is 1. The zero-order chi connectivity index (χ0) is 23.6. The van der Waals surface area contributed by atoms with Crippen LogP contribution in [0.15, 0.2) is 54.9 Å². The number of anilines is 1. The highest BCUT2D eigenvalue weighted by molar-refractivity contribution is 5.92. The maximum absolute atomic E-state index is 12.6. The molecule has 2 amide bonds. The zero-order valence-electron chi connectivity index (χ0n) is 19.7. The molecule has 34 heavy (non-hydrogen) atoms. The predicted molar refractivity (Wildman–Crippen MR) is 133 cm³/mol. The van der Waals surface area contributed by atoms with Crippen LogP contribution in [-0.4, -0.2) is 83.9 Å². The molecule has 2 aromatic rings. The second-order valence-electron chi connectivity index (χ2n) is 8.87. The molecule has 2 saturated heterocycles. The van der Waals surface area contributed by atoms with Gasteiger partial charge in [-0.3, -0.25) is 14.5 Å².